The van der Waals surface area contributed by atoms with Crippen molar-refractivity contribution in [2.24, 2.45) is 0 Å². The summed E-state index contributed by atoms with van der Waals surface area (Å²) in [6, 6.07) is 11.4. The van der Waals surface area contributed by atoms with Gasteiger partial charge in [0.05, 0.1) is 0 Å². The van der Waals surface area contributed by atoms with E-state index in [1.807, 2.05) is 20.9 Å². The summed E-state index contributed by atoms with van der Waals surface area (Å²) in [5.74, 6) is 0.779. The van der Waals surface area contributed by atoms with E-state index < -0.39 is 0 Å². The van der Waals surface area contributed by atoms with Crippen molar-refractivity contribution in [2.75, 3.05) is 7.05 Å². The second-order valence-electron chi connectivity index (χ2n) is 3.15. The molecule has 2 atom stereocenters. The maximum absolute atomic E-state index is 3.29. The molecule has 0 heterocycles. The lowest BCUT2D eigenvalue weighted by Gasteiger charge is -1.97. The molecule has 2 rings (SSSR count). The van der Waals surface area contributed by atoms with Crippen LogP contribution in [0.3, 0.4) is 0 Å². The lowest BCUT2D eigenvalue weighted by atomic mass is 10.1. The first-order chi connectivity index (χ1) is 6.42. The minimum absolute atomic E-state index is 0.734. The van der Waals surface area contributed by atoms with Crippen LogP contribution in [-0.2, 0) is 0 Å². The highest BCUT2D eigenvalue weighted by Crippen LogP contribution is 2.39. The molecule has 1 aromatic carbocycles. The van der Waals surface area contributed by atoms with Crippen LogP contribution in [0.25, 0.3) is 0 Å². The van der Waals surface area contributed by atoms with Gasteiger partial charge in [0.25, 0.3) is 0 Å². The summed E-state index contributed by atoms with van der Waals surface area (Å²) in [6.07, 6.45) is 1.31. The van der Waals surface area contributed by atoms with Gasteiger partial charge in [0, 0.05) is 12.0 Å². The van der Waals surface area contributed by atoms with Crippen molar-refractivity contribution in [1.29, 1.82) is 0 Å². The Balaban J connectivity index is 0.000000396. The van der Waals surface area contributed by atoms with Gasteiger partial charge >= 0.3 is 0 Å². The summed E-state index contributed by atoms with van der Waals surface area (Å²) >= 11 is 0. The van der Waals surface area contributed by atoms with Crippen LogP contribution in [0.1, 0.15) is 31.7 Å². The fourth-order valence-corrected chi connectivity index (χ4v) is 1.58. The number of hydrogen-bond donors (Lipinski definition) is 1. The molecule has 0 spiro atoms. The van der Waals surface area contributed by atoms with E-state index in [0.29, 0.717) is 0 Å². The zero-order chi connectivity index (χ0) is 9.68. The highest BCUT2D eigenvalue weighted by atomic mass is 14.9. The second-order valence-corrected chi connectivity index (χ2v) is 3.15. The zero-order valence-electron chi connectivity index (χ0n) is 8.75. The van der Waals surface area contributed by atoms with E-state index >= 15 is 0 Å². The Hall–Kier alpha value is -0.820. The summed E-state index contributed by atoms with van der Waals surface area (Å²) in [4.78, 5) is 0. The molecule has 0 amide bonds. The third kappa shape index (κ3) is 2.56. The number of rotatable bonds is 2. The number of hydrogen-bond acceptors (Lipinski definition) is 1. The summed E-state index contributed by atoms with van der Waals surface area (Å²) in [6.45, 7) is 4.00. The van der Waals surface area contributed by atoms with Crippen molar-refractivity contribution in [1.82, 2.24) is 5.32 Å². The van der Waals surface area contributed by atoms with Gasteiger partial charge in [0.1, 0.15) is 0 Å². The Morgan fingerprint density at radius 1 is 1.15 bits per heavy atom. The molecule has 1 aliphatic rings. The third-order valence-corrected chi connectivity index (χ3v) is 2.39. The zero-order valence-corrected chi connectivity index (χ0v) is 8.75. The van der Waals surface area contributed by atoms with E-state index in [1.165, 1.54) is 12.0 Å². The van der Waals surface area contributed by atoms with Crippen LogP contribution in [0.5, 0.6) is 0 Å². The van der Waals surface area contributed by atoms with Gasteiger partial charge < -0.3 is 5.32 Å². The van der Waals surface area contributed by atoms with Gasteiger partial charge in [-0.3, -0.25) is 0 Å². The minimum atomic E-state index is 0.734. The van der Waals surface area contributed by atoms with Crippen LogP contribution in [0.4, 0.5) is 0 Å². The average molecular weight is 177 g/mol. The van der Waals surface area contributed by atoms with E-state index in [-0.39, 0.29) is 0 Å². The van der Waals surface area contributed by atoms with Crippen molar-refractivity contribution in [3.8, 4) is 0 Å². The molecule has 1 fully saturated rings. The third-order valence-electron chi connectivity index (χ3n) is 2.39. The first-order valence-electron chi connectivity index (χ1n) is 5.14. The topological polar surface area (TPSA) is 12.0 Å². The SMILES string of the molecule is CC.CN[C@@H]1C[C@H]1c1ccccc1. The van der Waals surface area contributed by atoms with E-state index in [0.717, 1.165) is 12.0 Å². The van der Waals surface area contributed by atoms with E-state index in [1.54, 1.807) is 0 Å². The maximum Gasteiger partial charge on any atom is 0.0140 e. The predicted molar refractivity (Wildman–Crippen MR) is 58.0 cm³/mol. The number of likely N-dealkylation sites (N-methyl/N-ethyl adjacent to an activating group) is 1. The predicted octanol–water partition coefficient (Wildman–Crippen LogP) is 2.79. The summed E-state index contributed by atoms with van der Waals surface area (Å²) in [7, 11) is 2.04. The van der Waals surface area contributed by atoms with Gasteiger partial charge in [0.2, 0.25) is 0 Å². The standard InChI is InChI=1S/C10H13N.C2H6/c1-11-10-7-9(10)8-5-3-2-4-6-8;1-2/h2-6,9-11H,7H2,1H3;1-2H3/t9-,10+;/m0./s1. The molecule has 1 heteroatoms. The van der Waals surface area contributed by atoms with Crippen LogP contribution < -0.4 is 5.32 Å². The molecule has 0 unspecified atom stereocenters. The fourth-order valence-electron chi connectivity index (χ4n) is 1.58. The first kappa shape index (κ1) is 10.3. The van der Waals surface area contributed by atoms with Gasteiger partial charge in [-0.2, -0.15) is 0 Å². The van der Waals surface area contributed by atoms with Gasteiger partial charge in [-0.05, 0) is 19.0 Å². The summed E-state index contributed by atoms with van der Waals surface area (Å²) < 4.78 is 0. The van der Waals surface area contributed by atoms with Crippen LogP contribution in [0, 0.1) is 0 Å². The van der Waals surface area contributed by atoms with Crippen molar-refractivity contribution in [3.63, 3.8) is 0 Å². The largest absolute Gasteiger partial charge is 0.316 e. The van der Waals surface area contributed by atoms with E-state index in [9.17, 15) is 0 Å². The molecule has 1 aliphatic carbocycles. The van der Waals surface area contributed by atoms with Gasteiger partial charge in [-0.1, -0.05) is 44.2 Å². The maximum atomic E-state index is 3.29. The summed E-state index contributed by atoms with van der Waals surface area (Å²) in [5, 5.41) is 3.29. The quantitative estimate of drug-likeness (QED) is 0.732. The van der Waals surface area contributed by atoms with Gasteiger partial charge in [-0.15, -0.1) is 0 Å². The van der Waals surface area contributed by atoms with Crippen molar-refractivity contribution < 1.29 is 0 Å². The fraction of sp³-hybridized carbons (Fsp3) is 0.500. The molecule has 1 aromatic rings. The van der Waals surface area contributed by atoms with Gasteiger partial charge in [-0.25, -0.2) is 0 Å². The van der Waals surface area contributed by atoms with E-state index in [4.69, 9.17) is 0 Å². The molecular weight excluding hydrogens is 158 g/mol. The van der Waals surface area contributed by atoms with Crippen molar-refractivity contribution in [2.45, 2.75) is 32.2 Å². The molecule has 0 radical (unpaired) electrons. The van der Waals surface area contributed by atoms with Crippen LogP contribution in [-0.4, -0.2) is 13.1 Å². The van der Waals surface area contributed by atoms with Crippen molar-refractivity contribution in [3.05, 3.63) is 35.9 Å². The van der Waals surface area contributed by atoms with Gasteiger partial charge in [0.15, 0.2) is 0 Å². The molecule has 0 bridgehead atoms. The second kappa shape index (κ2) is 5.03. The number of nitrogens with one attached hydrogen (secondary N) is 1. The lowest BCUT2D eigenvalue weighted by Crippen LogP contribution is -2.09. The molecule has 1 nitrogen and oxygen atoms in total. The normalized spacial score (nSPS) is 24.5. The van der Waals surface area contributed by atoms with Crippen LogP contribution >= 0.6 is 0 Å². The Labute approximate surface area is 81.2 Å². The lowest BCUT2D eigenvalue weighted by molar-refractivity contribution is 0.783. The molecule has 13 heavy (non-hydrogen) atoms. The smallest absolute Gasteiger partial charge is 0.0140 e. The number of benzene rings is 1. The Kier molecular flexibility index (Phi) is 3.97. The van der Waals surface area contributed by atoms with Crippen molar-refractivity contribution >= 4 is 0 Å². The molecular formula is C12H19N. The molecule has 72 valence electrons. The van der Waals surface area contributed by atoms with Crippen LogP contribution in [0.2, 0.25) is 0 Å². The monoisotopic (exact) mass is 177 g/mol. The first-order valence-corrected chi connectivity index (χ1v) is 5.14. The molecule has 1 N–H and O–H groups in total. The Bertz CT molecular complexity index is 230. The van der Waals surface area contributed by atoms with Crippen LogP contribution in [0.15, 0.2) is 30.3 Å². The minimum Gasteiger partial charge on any atom is -0.316 e. The molecule has 0 aromatic heterocycles. The highest BCUT2D eigenvalue weighted by molar-refractivity contribution is 5.27. The van der Waals surface area contributed by atoms with E-state index in [2.05, 4.69) is 35.6 Å². The average Bonchev–Trinajstić information content (AvgIpc) is 3.01. The highest BCUT2D eigenvalue weighted by Gasteiger charge is 2.36. The summed E-state index contributed by atoms with van der Waals surface area (Å²) in [5.41, 5.74) is 1.48. The molecule has 0 saturated heterocycles. The molecule has 0 aliphatic heterocycles. The Morgan fingerprint density at radius 2 is 1.77 bits per heavy atom. The Morgan fingerprint density at radius 3 is 2.23 bits per heavy atom. The molecule has 1 saturated carbocycles.